The lowest BCUT2D eigenvalue weighted by atomic mass is 10.2. The van der Waals surface area contributed by atoms with Crippen LogP contribution in [0.25, 0.3) is 0 Å². The summed E-state index contributed by atoms with van der Waals surface area (Å²) in [6.45, 7) is 0.142. The van der Waals surface area contributed by atoms with Crippen LogP contribution in [0.15, 0.2) is 24.3 Å². The van der Waals surface area contributed by atoms with Crippen molar-refractivity contribution in [3.63, 3.8) is 0 Å². The molecule has 2 atom stereocenters. The van der Waals surface area contributed by atoms with Crippen molar-refractivity contribution in [2.24, 2.45) is 0 Å². The minimum Gasteiger partial charge on any atom is -0.334 e. The summed E-state index contributed by atoms with van der Waals surface area (Å²) >= 11 is 9.16. The monoisotopic (exact) mass is 370 g/mol. The van der Waals surface area contributed by atoms with Crippen molar-refractivity contribution >= 4 is 37.6 Å². The lowest BCUT2D eigenvalue weighted by Crippen LogP contribution is -2.24. The first-order valence-electron chi connectivity index (χ1n) is 5.40. The molecule has 1 saturated heterocycles. The van der Waals surface area contributed by atoms with E-state index >= 15 is 0 Å². The molecular weight excluding hydrogens is 360 g/mol. The van der Waals surface area contributed by atoms with Gasteiger partial charge in [-0.15, -0.1) is 0 Å². The summed E-state index contributed by atoms with van der Waals surface area (Å²) in [4.78, 5) is 0. The van der Waals surface area contributed by atoms with E-state index in [1.165, 1.54) is 0 Å². The summed E-state index contributed by atoms with van der Waals surface area (Å²) in [5.41, 5.74) is 0.735. The van der Waals surface area contributed by atoms with Crippen molar-refractivity contribution in [2.75, 3.05) is 19.5 Å². The maximum Gasteiger partial charge on any atom is 0.264 e. The fourth-order valence-electron chi connectivity index (χ4n) is 1.56. The Hall–Kier alpha value is -0.180. The second-order valence-corrected chi connectivity index (χ2v) is 7.21. The lowest BCUT2D eigenvalue weighted by molar-refractivity contribution is -0.0936. The Balaban J connectivity index is 2.02. The molecule has 0 amide bonds. The van der Waals surface area contributed by atoms with Crippen LogP contribution in [0, 0.1) is 0 Å². The molecule has 1 aromatic carbocycles. The van der Waals surface area contributed by atoms with Gasteiger partial charge in [0.05, 0.1) is 19.5 Å². The van der Waals surface area contributed by atoms with E-state index in [1.807, 2.05) is 0 Å². The van der Waals surface area contributed by atoms with E-state index < -0.39 is 20.9 Å². The van der Waals surface area contributed by atoms with Gasteiger partial charge in [-0.1, -0.05) is 23.7 Å². The topological polar surface area (TPSA) is 61.8 Å². The molecule has 1 aliphatic heterocycles. The van der Waals surface area contributed by atoms with Crippen LogP contribution >= 0.6 is 27.5 Å². The predicted octanol–water partition coefficient (Wildman–Crippen LogP) is 2.24. The smallest absolute Gasteiger partial charge is 0.264 e. The van der Waals surface area contributed by atoms with E-state index in [4.69, 9.17) is 21.1 Å². The van der Waals surface area contributed by atoms with Crippen LogP contribution in [0.3, 0.4) is 0 Å². The third kappa shape index (κ3) is 4.14. The van der Waals surface area contributed by atoms with E-state index in [0.717, 1.165) is 11.8 Å². The Kier molecular flexibility index (Phi) is 4.54. The third-order valence-corrected chi connectivity index (χ3v) is 4.12. The quantitative estimate of drug-likeness (QED) is 0.600. The number of halogens is 2. The van der Waals surface area contributed by atoms with Gasteiger partial charge in [0.15, 0.2) is 0 Å². The molecule has 0 spiro atoms. The van der Waals surface area contributed by atoms with Gasteiger partial charge >= 0.3 is 0 Å². The largest absolute Gasteiger partial charge is 0.334 e. The molecule has 8 heteroatoms. The van der Waals surface area contributed by atoms with Gasteiger partial charge in [-0.3, -0.25) is 4.18 Å². The average molecular weight is 372 g/mol. The normalized spacial score (nSPS) is 27.6. The Morgan fingerprint density at radius 2 is 2.11 bits per heavy atom. The number of benzene rings is 1. The van der Waals surface area contributed by atoms with Crippen molar-refractivity contribution in [1.82, 2.24) is 0 Å². The molecule has 0 aromatic heterocycles. The zero-order chi connectivity index (χ0) is 14.1. The molecule has 0 radical (unpaired) electrons. The molecule has 106 valence electrons. The highest BCUT2D eigenvalue weighted by molar-refractivity contribution is 9.09. The first kappa shape index (κ1) is 15.2. The highest BCUT2D eigenvalue weighted by Crippen LogP contribution is 2.40. The standard InChI is InChI=1S/C11H12BrClO5S/c1-19(14,15)17-7-10-6-16-11(12,18-10)8-2-4-9(13)5-3-8/h2-5,10H,6-7H2,1H3/t10-,11-/m0/s1. The van der Waals surface area contributed by atoms with Crippen molar-refractivity contribution in [3.05, 3.63) is 34.9 Å². The fourth-order valence-corrected chi connectivity index (χ4v) is 2.75. The number of ether oxygens (including phenoxy) is 2. The molecular formula is C11H12BrClO5S. The Bertz CT molecular complexity index is 547. The van der Waals surface area contributed by atoms with Gasteiger partial charge in [-0.05, 0) is 28.1 Å². The van der Waals surface area contributed by atoms with Crippen LogP contribution in [0.1, 0.15) is 5.56 Å². The van der Waals surface area contributed by atoms with E-state index in [2.05, 4.69) is 20.1 Å². The summed E-state index contributed by atoms with van der Waals surface area (Å²) in [5, 5.41) is 0.606. The molecule has 1 fully saturated rings. The van der Waals surface area contributed by atoms with Gasteiger partial charge in [0.25, 0.3) is 14.8 Å². The molecule has 1 aliphatic rings. The Morgan fingerprint density at radius 3 is 2.68 bits per heavy atom. The maximum absolute atomic E-state index is 10.9. The summed E-state index contributed by atoms with van der Waals surface area (Å²) in [5.74, 6) is 0. The van der Waals surface area contributed by atoms with Crippen molar-refractivity contribution in [3.8, 4) is 0 Å². The summed E-state index contributed by atoms with van der Waals surface area (Å²) < 4.78 is 36.6. The first-order chi connectivity index (χ1) is 8.78. The van der Waals surface area contributed by atoms with Crippen LogP contribution in [0.2, 0.25) is 5.02 Å². The fraction of sp³-hybridized carbons (Fsp3) is 0.455. The number of hydrogen-bond donors (Lipinski definition) is 0. The first-order valence-corrected chi connectivity index (χ1v) is 8.38. The zero-order valence-electron chi connectivity index (χ0n) is 10.0. The highest BCUT2D eigenvalue weighted by Gasteiger charge is 2.41. The molecule has 0 unspecified atom stereocenters. The summed E-state index contributed by atoms with van der Waals surface area (Å²) in [6, 6.07) is 6.95. The maximum atomic E-state index is 10.9. The molecule has 0 N–H and O–H groups in total. The molecule has 0 saturated carbocycles. The van der Waals surface area contributed by atoms with Crippen LogP contribution in [0.4, 0.5) is 0 Å². The van der Waals surface area contributed by atoms with Crippen molar-refractivity contribution < 1.29 is 22.1 Å². The number of alkyl halides is 1. The molecule has 5 nitrogen and oxygen atoms in total. The van der Waals surface area contributed by atoms with Gasteiger partial charge < -0.3 is 9.47 Å². The zero-order valence-corrected chi connectivity index (χ0v) is 13.2. The second-order valence-electron chi connectivity index (χ2n) is 4.08. The van der Waals surface area contributed by atoms with Crippen LogP contribution < -0.4 is 0 Å². The minimum absolute atomic E-state index is 0.0836. The molecule has 1 heterocycles. The van der Waals surface area contributed by atoms with Crippen LogP contribution in [-0.4, -0.2) is 34.0 Å². The highest BCUT2D eigenvalue weighted by atomic mass is 79.9. The van der Waals surface area contributed by atoms with Crippen molar-refractivity contribution in [2.45, 2.75) is 10.8 Å². The molecule has 0 aliphatic carbocycles. The van der Waals surface area contributed by atoms with E-state index in [1.54, 1.807) is 24.3 Å². The van der Waals surface area contributed by atoms with Gasteiger partial charge in [0.2, 0.25) is 0 Å². The molecule has 2 rings (SSSR count). The van der Waals surface area contributed by atoms with Gasteiger partial charge in [-0.25, -0.2) is 0 Å². The van der Waals surface area contributed by atoms with Gasteiger partial charge in [-0.2, -0.15) is 8.42 Å². The molecule has 19 heavy (non-hydrogen) atoms. The number of hydrogen-bond acceptors (Lipinski definition) is 5. The molecule has 0 bridgehead atoms. The molecule has 1 aromatic rings. The minimum atomic E-state index is -3.49. The van der Waals surface area contributed by atoms with E-state index in [0.29, 0.717) is 5.02 Å². The van der Waals surface area contributed by atoms with Gasteiger partial charge in [0.1, 0.15) is 6.10 Å². The van der Waals surface area contributed by atoms with Gasteiger partial charge in [0, 0.05) is 10.6 Å². The van der Waals surface area contributed by atoms with E-state index in [-0.39, 0.29) is 13.2 Å². The third-order valence-electron chi connectivity index (χ3n) is 2.43. The Labute approximate surface area is 125 Å². The van der Waals surface area contributed by atoms with Crippen LogP contribution in [-0.2, 0) is 28.5 Å². The summed E-state index contributed by atoms with van der Waals surface area (Å²) in [6.07, 6.45) is 0.522. The Morgan fingerprint density at radius 1 is 1.47 bits per heavy atom. The van der Waals surface area contributed by atoms with Crippen LogP contribution in [0.5, 0.6) is 0 Å². The second kappa shape index (κ2) is 5.67. The number of rotatable bonds is 4. The van der Waals surface area contributed by atoms with Crippen molar-refractivity contribution in [1.29, 1.82) is 0 Å². The average Bonchev–Trinajstić information content (AvgIpc) is 2.70. The SMILES string of the molecule is CS(=O)(=O)OC[C@@H]1CO[C@@](Br)(c2ccc(Cl)cc2)O1. The van der Waals surface area contributed by atoms with E-state index in [9.17, 15) is 8.42 Å². The lowest BCUT2D eigenvalue weighted by Gasteiger charge is -2.21. The summed E-state index contributed by atoms with van der Waals surface area (Å²) in [7, 11) is -3.49. The predicted molar refractivity (Wildman–Crippen MR) is 73.7 cm³/mol.